The number of benzene rings is 2. The number of rotatable bonds is 1. The van der Waals surface area contributed by atoms with Crippen molar-refractivity contribution in [3.63, 3.8) is 0 Å². The average Bonchev–Trinajstić information content (AvgIpc) is 3.15. The van der Waals surface area contributed by atoms with Crippen LogP contribution in [0.3, 0.4) is 0 Å². The highest BCUT2D eigenvalue weighted by atomic mass is 32.1. The van der Waals surface area contributed by atoms with E-state index in [0.29, 0.717) is 0 Å². The van der Waals surface area contributed by atoms with Crippen molar-refractivity contribution < 1.29 is 0 Å². The van der Waals surface area contributed by atoms with Crippen LogP contribution in [0.5, 0.6) is 0 Å². The fourth-order valence-corrected chi connectivity index (χ4v) is 5.79. The fourth-order valence-electron chi connectivity index (χ4n) is 4.68. The van der Waals surface area contributed by atoms with Crippen molar-refractivity contribution in [2.45, 2.75) is 20.8 Å². The maximum Gasteiger partial charge on any atom is 0.175 e. The lowest BCUT2D eigenvalue weighted by molar-refractivity contribution is 0.678. The summed E-state index contributed by atoms with van der Waals surface area (Å²) in [6.45, 7) is 6.04. The van der Waals surface area contributed by atoms with Gasteiger partial charge >= 0.3 is 0 Å². The molecule has 2 aromatic carbocycles. The lowest BCUT2D eigenvalue weighted by Crippen LogP contribution is -2.27. The predicted molar refractivity (Wildman–Crippen MR) is 144 cm³/mol. The Morgan fingerprint density at radius 2 is 1.71 bits per heavy atom. The molecule has 3 aromatic heterocycles. The van der Waals surface area contributed by atoms with Crippen LogP contribution >= 0.6 is 11.3 Å². The summed E-state index contributed by atoms with van der Waals surface area (Å²) in [6, 6.07) is 16.5. The molecule has 0 atom stereocenters. The van der Waals surface area contributed by atoms with Gasteiger partial charge in [-0.2, -0.15) is 5.10 Å². The first kappa shape index (κ1) is 20.1. The van der Waals surface area contributed by atoms with Gasteiger partial charge in [0.25, 0.3) is 0 Å². The molecule has 0 amide bonds. The molecule has 8 heteroatoms. The van der Waals surface area contributed by atoms with E-state index in [4.69, 9.17) is 15.0 Å². The normalized spacial score (nSPS) is 15.1. The number of pyridine rings is 1. The second-order valence-corrected chi connectivity index (χ2v) is 9.78. The van der Waals surface area contributed by atoms with E-state index in [9.17, 15) is 0 Å². The molecule has 0 unspecified atom stereocenters. The number of hydrogen-bond acceptors (Lipinski definition) is 8. The van der Waals surface area contributed by atoms with Crippen molar-refractivity contribution in [2.24, 2.45) is 15.1 Å². The first-order chi connectivity index (χ1) is 17.1. The lowest BCUT2D eigenvalue weighted by Gasteiger charge is -2.19. The number of fused-ring (bicyclic) bond motifs is 8. The summed E-state index contributed by atoms with van der Waals surface area (Å²) in [5.74, 6) is 0.762. The number of nitrogens with zero attached hydrogens (tertiary/aromatic N) is 7. The molecule has 0 bridgehead atoms. The van der Waals surface area contributed by atoms with Crippen LogP contribution in [0.15, 0.2) is 75.4 Å². The standard InChI is InChI=1S/C27H19N7S/c1-14-8-10-17(11-9-14)20-21-24-25(26-29-15(2)12-16(3)33-34(26)13-28-24)35-27(21)30-22-18-6-4-5-7-19(18)31-32-23(20)22/h4-13H,1-3H3. The molecule has 2 aliphatic heterocycles. The summed E-state index contributed by atoms with van der Waals surface area (Å²) in [5, 5.41) is 17.6. The monoisotopic (exact) mass is 473 g/mol. The molecular weight excluding hydrogens is 454 g/mol. The predicted octanol–water partition coefficient (Wildman–Crippen LogP) is 6.38. The third-order valence-electron chi connectivity index (χ3n) is 6.23. The zero-order chi connectivity index (χ0) is 23.7. The largest absolute Gasteiger partial charge is 0.234 e. The summed E-state index contributed by atoms with van der Waals surface area (Å²) >= 11 is 1.59. The van der Waals surface area contributed by atoms with Crippen LogP contribution in [0.4, 0.5) is 5.69 Å². The molecule has 0 fully saturated rings. The quantitative estimate of drug-likeness (QED) is 0.265. The van der Waals surface area contributed by atoms with Crippen LogP contribution in [0.1, 0.15) is 24.3 Å². The number of amidine groups is 1. The molecule has 5 heterocycles. The second-order valence-electron chi connectivity index (χ2n) is 8.78. The molecule has 0 saturated heterocycles. The maximum atomic E-state index is 5.13. The molecule has 168 valence electrons. The van der Waals surface area contributed by atoms with Gasteiger partial charge in [0.05, 0.1) is 16.9 Å². The Morgan fingerprint density at radius 1 is 0.886 bits per heavy atom. The third kappa shape index (κ3) is 3.03. The maximum absolute atomic E-state index is 5.13. The van der Waals surface area contributed by atoms with E-state index in [-0.39, 0.29) is 0 Å². The Bertz CT molecular complexity index is 1820. The van der Waals surface area contributed by atoms with Gasteiger partial charge in [-0.1, -0.05) is 48.0 Å². The number of aliphatic imine (C=N–C) groups is 2. The van der Waals surface area contributed by atoms with Gasteiger partial charge in [0.2, 0.25) is 0 Å². The van der Waals surface area contributed by atoms with Gasteiger partial charge in [0, 0.05) is 22.0 Å². The third-order valence-corrected chi connectivity index (χ3v) is 7.30. The van der Waals surface area contributed by atoms with Crippen LogP contribution in [0.25, 0.3) is 43.3 Å². The smallest absolute Gasteiger partial charge is 0.175 e. The van der Waals surface area contributed by atoms with E-state index in [0.717, 1.165) is 71.1 Å². The van der Waals surface area contributed by atoms with Crippen LogP contribution in [0, 0.1) is 6.92 Å². The van der Waals surface area contributed by atoms with E-state index in [1.165, 1.54) is 5.56 Å². The molecule has 2 aliphatic rings. The molecule has 0 aliphatic carbocycles. The average molecular weight is 474 g/mol. The van der Waals surface area contributed by atoms with E-state index in [1.54, 1.807) is 22.7 Å². The van der Waals surface area contributed by atoms with E-state index >= 15 is 0 Å². The molecule has 5 aromatic rings. The Hall–Kier alpha value is -4.30. The number of thiophene rings is 1. The van der Waals surface area contributed by atoms with Crippen LogP contribution in [-0.2, 0) is 0 Å². The second kappa shape index (κ2) is 7.35. The summed E-state index contributed by atoms with van der Waals surface area (Å²) < 4.78 is 0. The van der Waals surface area contributed by atoms with E-state index in [1.807, 2.05) is 38.1 Å². The highest BCUT2D eigenvalue weighted by molar-refractivity contribution is 7.21. The Kier molecular flexibility index (Phi) is 4.22. The molecule has 0 saturated carbocycles. The minimum absolute atomic E-state index is 0.762. The van der Waals surface area contributed by atoms with E-state index in [2.05, 4.69) is 52.6 Å². The van der Waals surface area contributed by atoms with Crippen molar-refractivity contribution in [2.75, 3.05) is 0 Å². The minimum Gasteiger partial charge on any atom is -0.234 e. The zero-order valence-electron chi connectivity index (χ0n) is 19.3. The highest BCUT2D eigenvalue weighted by Crippen LogP contribution is 2.47. The van der Waals surface area contributed by atoms with Gasteiger partial charge in [0.15, 0.2) is 5.84 Å². The molecule has 0 N–H and O–H groups in total. The van der Waals surface area contributed by atoms with Crippen molar-refractivity contribution in [3.05, 3.63) is 70.7 Å². The van der Waals surface area contributed by atoms with Gasteiger partial charge in [-0.05, 0) is 38.5 Å². The summed E-state index contributed by atoms with van der Waals surface area (Å²) in [7, 11) is 0. The number of hydrazone groups is 1. The topological polar surface area (TPSA) is 79.0 Å². The van der Waals surface area contributed by atoms with Crippen LogP contribution in [0.2, 0.25) is 0 Å². The van der Waals surface area contributed by atoms with E-state index < -0.39 is 0 Å². The minimum atomic E-state index is 0.762. The summed E-state index contributed by atoms with van der Waals surface area (Å²) in [6.07, 6.45) is 3.70. The zero-order valence-corrected chi connectivity index (χ0v) is 20.1. The number of aromatic nitrogens is 3. The van der Waals surface area contributed by atoms with Crippen LogP contribution < -0.4 is 0 Å². The Balaban J connectivity index is 1.63. The Labute approximate surface area is 204 Å². The van der Waals surface area contributed by atoms with Gasteiger partial charge in [-0.3, -0.25) is 0 Å². The SMILES string of the molecule is CC1=CC(C)=NN2C=Nc3c(sc4nc5c(nnc6ccccc65)c(-c5ccc(C)cc5)c34)C2=N1. The summed E-state index contributed by atoms with van der Waals surface area (Å²) in [4.78, 5) is 16.7. The molecule has 0 spiro atoms. The fraction of sp³-hybridized carbons (Fsp3) is 0.111. The molecule has 35 heavy (non-hydrogen) atoms. The highest BCUT2D eigenvalue weighted by Gasteiger charge is 2.29. The first-order valence-corrected chi connectivity index (χ1v) is 12.1. The molecule has 0 radical (unpaired) electrons. The first-order valence-electron chi connectivity index (χ1n) is 11.3. The van der Waals surface area contributed by atoms with Gasteiger partial charge in [-0.25, -0.2) is 20.0 Å². The van der Waals surface area contributed by atoms with Gasteiger partial charge in [0.1, 0.15) is 27.1 Å². The van der Waals surface area contributed by atoms with Gasteiger partial charge in [-0.15, -0.1) is 21.5 Å². The molecular formula is C27H19N7S. The van der Waals surface area contributed by atoms with Crippen molar-refractivity contribution in [1.29, 1.82) is 0 Å². The number of allylic oxidation sites excluding steroid dienone is 2. The van der Waals surface area contributed by atoms with Gasteiger partial charge < -0.3 is 0 Å². The van der Waals surface area contributed by atoms with Crippen LogP contribution in [-0.4, -0.2) is 38.1 Å². The number of aryl methyl sites for hydroxylation is 1. The summed E-state index contributed by atoms with van der Waals surface area (Å²) in [5.41, 5.74) is 8.31. The number of hydrogen-bond donors (Lipinski definition) is 0. The van der Waals surface area contributed by atoms with Crippen molar-refractivity contribution in [3.8, 4) is 11.1 Å². The van der Waals surface area contributed by atoms with Crippen molar-refractivity contribution in [1.82, 2.24) is 20.2 Å². The lowest BCUT2D eigenvalue weighted by atomic mass is 9.98. The van der Waals surface area contributed by atoms with Crippen molar-refractivity contribution >= 4 is 67.1 Å². The molecule has 7 nitrogen and oxygen atoms in total. The molecule has 7 rings (SSSR count). The Morgan fingerprint density at radius 3 is 2.57 bits per heavy atom.